The van der Waals surface area contributed by atoms with Gasteiger partial charge in [0.2, 0.25) is 10.0 Å². The molecule has 1 atom stereocenters. The highest BCUT2D eigenvalue weighted by atomic mass is 32.2. The number of aliphatic carboxylic acids is 1. The van der Waals surface area contributed by atoms with Crippen LogP contribution in [0.25, 0.3) is 0 Å². The second kappa shape index (κ2) is 8.20. The van der Waals surface area contributed by atoms with Gasteiger partial charge in [0.05, 0.1) is 17.9 Å². The molecular weight excluding hydrogens is 358 g/mol. The molecule has 2 aromatic carbocycles. The molecule has 26 heavy (non-hydrogen) atoms. The van der Waals surface area contributed by atoms with Crippen LogP contribution < -0.4 is 9.47 Å². The van der Waals surface area contributed by atoms with Gasteiger partial charge in [0.25, 0.3) is 0 Å². The van der Waals surface area contributed by atoms with Crippen LogP contribution in [0.1, 0.15) is 6.92 Å². The van der Waals surface area contributed by atoms with Crippen molar-refractivity contribution in [3.63, 3.8) is 0 Å². The Morgan fingerprint density at radius 2 is 1.50 bits per heavy atom. The van der Waals surface area contributed by atoms with E-state index in [1.807, 2.05) is 0 Å². The maximum Gasteiger partial charge on any atom is 0.307 e. The number of carbonyl (C=O) groups is 1. The van der Waals surface area contributed by atoms with Crippen LogP contribution in [0, 0.1) is 5.92 Å². The van der Waals surface area contributed by atoms with Crippen molar-refractivity contribution in [2.45, 2.75) is 11.8 Å². The first-order valence-corrected chi connectivity index (χ1v) is 9.29. The lowest BCUT2D eigenvalue weighted by atomic mass is 10.2. The van der Waals surface area contributed by atoms with E-state index in [1.165, 1.54) is 26.1 Å². The maximum atomic E-state index is 12.5. The van der Waals surface area contributed by atoms with Gasteiger partial charge in [-0.25, -0.2) is 12.7 Å². The van der Waals surface area contributed by atoms with E-state index in [2.05, 4.69) is 0 Å². The van der Waals surface area contributed by atoms with Gasteiger partial charge in [0.15, 0.2) is 0 Å². The number of nitrogens with zero attached hydrogens (tertiary/aromatic N) is 1. The Kier molecular flexibility index (Phi) is 6.23. The Balaban J connectivity index is 2.10. The average Bonchev–Trinajstić information content (AvgIpc) is 2.62. The SMILES string of the molecule is COc1ccc(Oc2ccc(S(=O)(=O)N(C)CC(C)C(=O)O)cc2)cc1. The highest BCUT2D eigenvalue weighted by molar-refractivity contribution is 7.89. The Bertz CT molecular complexity index is 846. The molecule has 0 bridgehead atoms. The van der Waals surface area contributed by atoms with Crippen LogP contribution >= 0.6 is 0 Å². The summed E-state index contributed by atoms with van der Waals surface area (Å²) < 4.78 is 36.8. The average molecular weight is 379 g/mol. The van der Waals surface area contributed by atoms with E-state index in [0.29, 0.717) is 17.2 Å². The van der Waals surface area contributed by atoms with Crippen LogP contribution in [0.4, 0.5) is 0 Å². The number of benzene rings is 2. The van der Waals surface area contributed by atoms with E-state index in [9.17, 15) is 13.2 Å². The molecule has 2 rings (SSSR count). The number of methoxy groups -OCH3 is 1. The van der Waals surface area contributed by atoms with Crippen LogP contribution in [-0.2, 0) is 14.8 Å². The fraction of sp³-hybridized carbons (Fsp3) is 0.278. The van der Waals surface area contributed by atoms with Crippen molar-refractivity contribution >= 4 is 16.0 Å². The summed E-state index contributed by atoms with van der Waals surface area (Å²) in [6, 6.07) is 12.9. The molecule has 0 aromatic heterocycles. The van der Waals surface area contributed by atoms with Gasteiger partial charge >= 0.3 is 5.97 Å². The van der Waals surface area contributed by atoms with Crippen LogP contribution in [0.5, 0.6) is 17.2 Å². The van der Waals surface area contributed by atoms with Gasteiger partial charge in [-0.15, -0.1) is 0 Å². The van der Waals surface area contributed by atoms with Crippen LogP contribution in [0.3, 0.4) is 0 Å². The molecule has 0 saturated carbocycles. The summed E-state index contributed by atoms with van der Waals surface area (Å²) in [4.78, 5) is 11.0. The lowest BCUT2D eigenvalue weighted by molar-refractivity contribution is -0.141. The highest BCUT2D eigenvalue weighted by Gasteiger charge is 2.24. The first-order valence-electron chi connectivity index (χ1n) is 7.85. The predicted octanol–water partition coefficient (Wildman–Crippen LogP) is 2.83. The molecule has 8 heteroatoms. The third kappa shape index (κ3) is 4.74. The maximum absolute atomic E-state index is 12.5. The quantitative estimate of drug-likeness (QED) is 0.758. The molecule has 0 heterocycles. The van der Waals surface area contributed by atoms with Crippen molar-refractivity contribution in [3.05, 3.63) is 48.5 Å². The zero-order valence-electron chi connectivity index (χ0n) is 14.7. The van der Waals surface area contributed by atoms with E-state index in [4.69, 9.17) is 14.6 Å². The molecular formula is C18H21NO6S. The number of sulfonamides is 1. The zero-order valence-corrected chi connectivity index (χ0v) is 15.6. The molecule has 0 aliphatic rings. The van der Waals surface area contributed by atoms with Crippen molar-refractivity contribution < 1.29 is 27.8 Å². The normalized spacial score (nSPS) is 12.6. The molecule has 0 spiro atoms. The molecule has 2 aromatic rings. The fourth-order valence-corrected chi connectivity index (χ4v) is 3.46. The first-order chi connectivity index (χ1) is 12.2. The summed E-state index contributed by atoms with van der Waals surface area (Å²) in [5, 5.41) is 8.93. The van der Waals surface area contributed by atoms with Crippen LogP contribution in [-0.4, -0.2) is 44.5 Å². The number of hydrogen-bond acceptors (Lipinski definition) is 5. The van der Waals surface area contributed by atoms with E-state index >= 15 is 0 Å². The number of ether oxygens (including phenoxy) is 2. The third-order valence-electron chi connectivity index (χ3n) is 3.78. The first kappa shape index (κ1) is 19.7. The zero-order chi connectivity index (χ0) is 19.3. The smallest absolute Gasteiger partial charge is 0.307 e. The Hall–Kier alpha value is -2.58. The molecule has 0 fully saturated rings. The molecule has 0 amide bonds. The second-order valence-electron chi connectivity index (χ2n) is 5.77. The monoisotopic (exact) mass is 379 g/mol. The summed E-state index contributed by atoms with van der Waals surface area (Å²) in [5.74, 6) is -0.0651. The van der Waals surface area contributed by atoms with Crippen LogP contribution in [0.2, 0.25) is 0 Å². The molecule has 0 radical (unpaired) electrons. The minimum Gasteiger partial charge on any atom is -0.497 e. The second-order valence-corrected chi connectivity index (χ2v) is 7.82. The highest BCUT2D eigenvalue weighted by Crippen LogP contribution is 2.25. The molecule has 0 saturated heterocycles. The summed E-state index contributed by atoms with van der Waals surface area (Å²) in [5.41, 5.74) is 0. The van der Waals surface area contributed by atoms with Crippen molar-refractivity contribution in [1.82, 2.24) is 4.31 Å². The molecule has 1 N–H and O–H groups in total. The van der Waals surface area contributed by atoms with Crippen molar-refractivity contribution in [3.8, 4) is 17.2 Å². The lowest BCUT2D eigenvalue weighted by Crippen LogP contribution is -2.33. The van der Waals surface area contributed by atoms with Gasteiger partial charge < -0.3 is 14.6 Å². The molecule has 7 nitrogen and oxygen atoms in total. The van der Waals surface area contributed by atoms with Gasteiger partial charge in [-0.1, -0.05) is 6.92 Å². The van der Waals surface area contributed by atoms with Gasteiger partial charge in [0, 0.05) is 13.6 Å². The molecule has 0 aliphatic carbocycles. The van der Waals surface area contributed by atoms with Crippen molar-refractivity contribution in [2.24, 2.45) is 5.92 Å². The summed E-state index contributed by atoms with van der Waals surface area (Å²) >= 11 is 0. The Morgan fingerprint density at radius 1 is 1.04 bits per heavy atom. The van der Waals surface area contributed by atoms with Gasteiger partial charge in [-0.05, 0) is 48.5 Å². The number of carboxylic acid groups (broad SMARTS) is 1. The summed E-state index contributed by atoms with van der Waals surface area (Å²) in [7, 11) is -0.838. The predicted molar refractivity (Wildman–Crippen MR) is 96.1 cm³/mol. The Morgan fingerprint density at radius 3 is 1.96 bits per heavy atom. The van der Waals surface area contributed by atoms with Crippen molar-refractivity contribution in [2.75, 3.05) is 20.7 Å². The fourth-order valence-electron chi connectivity index (χ4n) is 2.20. The summed E-state index contributed by atoms with van der Waals surface area (Å²) in [6.45, 7) is 1.35. The molecule has 140 valence electrons. The minimum absolute atomic E-state index is 0.0691. The van der Waals surface area contributed by atoms with Gasteiger partial charge in [-0.3, -0.25) is 4.79 Å². The summed E-state index contributed by atoms with van der Waals surface area (Å²) in [6.07, 6.45) is 0. The standard InChI is InChI=1S/C18H21NO6S/c1-13(18(20)21)12-19(2)26(22,23)17-10-8-16(9-11-17)25-15-6-4-14(24-3)5-7-15/h4-11,13H,12H2,1-3H3,(H,20,21). The largest absolute Gasteiger partial charge is 0.497 e. The molecule has 0 aliphatic heterocycles. The third-order valence-corrected chi connectivity index (χ3v) is 5.62. The van der Waals surface area contributed by atoms with E-state index in [-0.39, 0.29) is 11.4 Å². The van der Waals surface area contributed by atoms with E-state index < -0.39 is 21.9 Å². The van der Waals surface area contributed by atoms with Gasteiger partial charge in [-0.2, -0.15) is 0 Å². The van der Waals surface area contributed by atoms with E-state index in [1.54, 1.807) is 43.5 Å². The Labute approximate surface area is 152 Å². The lowest BCUT2D eigenvalue weighted by Gasteiger charge is -2.19. The minimum atomic E-state index is -3.77. The van der Waals surface area contributed by atoms with Crippen molar-refractivity contribution in [1.29, 1.82) is 0 Å². The molecule has 1 unspecified atom stereocenters. The number of rotatable bonds is 8. The van der Waals surface area contributed by atoms with E-state index in [0.717, 1.165) is 4.31 Å². The number of carboxylic acids is 1. The number of hydrogen-bond donors (Lipinski definition) is 1. The van der Waals surface area contributed by atoms with Crippen LogP contribution in [0.15, 0.2) is 53.4 Å². The topological polar surface area (TPSA) is 93.1 Å². The van der Waals surface area contributed by atoms with Gasteiger partial charge in [0.1, 0.15) is 17.2 Å².